The van der Waals surface area contributed by atoms with Crippen molar-refractivity contribution in [2.45, 2.75) is 32.1 Å². The lowest BCUT2D eigenvalue weighted by atomic mass is 9.97. The van der Waals surface area contributed by atoms with Gasteiger partial charge < -0.3 is 4.74 Å². The number of carbonyl (C=O) groups is 1. The largest absolute Gasteiger partial charge is 0.466 e. The summed E-state index contributed by atoms with van der Waals surface area (Å²) in [7, 11) is 0. The summed E-state index contributed by atoms with van der Waals surface area (Å²) in [5.74, 6) is -4.63. The Morgan fingerprint density at radius 1 is 1.39 bits per heavy atom. The van der Waals surface area contributed by atoms with E-state index in [9.17, 15) is 22.4 Å². The molecule has 0 amide bonds. The summed E-state index contributed by atoms with van der Waals surface area (Å²) in [4.78, 5) is 12.7. The van der Waals surface area contributed by atoms with E-state index in [4.69, 9.17) is 4.74 Å². The molecule has 1 aliphatic heterocycles. The van der Waals surface area contributed by atoms with Crippen molar-refractivity contribution in [1.29, 1.82) is 0 Å². The SMILES string of the molecule is CCOC(=O)C1CCN(CC(F)(F)C(F)F)CC1. The molecule has 1 rings (SSSR count). The summed E-state index contributed by atoms with van der Waals surface area (Å²) in [5, 5.41) is 0. The van der Waals surface area contributed by atoms with Crippen molar-refractivity contribution in [3.63, 3.8) is 0 Å². The van der Waals surface area contributed by atoms with Crippen molar-refractivity contribution in [1.82, 2.24) is 4.90 Å². The lowest BCUT2D eigenvalue weighted by Crippen LogP contribution is -2.46. The predicted octanol–water partition coefficient (Wildman–Crippen LogP) is 2.16. The van der Waals surface area contributed by atoms with E-state index in [1.807, 2.05) is 0 Å². The van der Waals surface area contributed by atoms with Gasteiger partial charge in [-0.15, -0.1) is 0 Å². The Morgan fingerprint density at radius 2 is 1.94 bits per heavy atom. The average molecular weight is 271 g/mol. The summed E-state index contributed by atoms with van der Waals surface area (Å²) in [5.41, 5.74) is 0. The molecule has 3 nitrogen and oxygen atoms in total. The molecule has 0 N–H and O–H groups in total. The minimum Gasteiger partial charge on any atom is -0.466 e. The van der Waals surface area contributed by atoms with Crippen LogP contribution < -0.4 is 0 Å². The fraction of sp³-hybridized carbons (Fsp3) is 0.909. The highest BCUT2D eigenvalue weighted by molar-refractivity contribution is 5.72. The highest BCUT2D eigenvalue weighted by atomic mass is 19.3. The standard InChI is InChI=1S/C11H17F4NO2/c1-2-18-9(17)8-3-5-16(6-4-8)7-11(14,15)10(12)13/h8,10H,2-7H2,1H3. The molecule has 0 radical (unpaired) electrons. The third-order valence-corrected chi connectivity index (χ3v) is 2.96. The number of esters is 1. The van der Waals surface area contributed by atoms with E-state index in [-0.39, 0.29) is 31.6 Å². The molecule has 1 saturated heterocycles. The maximum Gasteiger partial charge on any atom is 0.319 e. The van der Waals surface area contributed by atoms with Gasteiger partial charge in [-0.25, -0.2) is 8.78 Å². The van der Waals surface area contributed by atoms with Crippen LogP contribution in [0.3, 0.4) is 0 Å². The van der Waals surface area contributed by atoms with Gasteiger partial charge >= 0.3 is 18.3 Å². The van der Waals surface area contributed by atoms with Gasteiger partial charge in [-0.1, -0.05) is 0 Å². The molecule has 0 aromatic heterocycles. The Kier molecular flexibility index (Phi) is 5.37. The number of halogens is 4. The van der Waals surface area contributed by atoms with E-state index < -0.39 is 18.9 Å². The van der Waals surface area contributed by atoms with E-state index in [0.717, 1.165) is 0 Å². The first-order chi connectivity index (χ1) is 8.36. The molecule has 1 fully saturated rings. The van der Waals surface area contributed by atoms with Crippen molar-refractivity contribution in [3.05, 3.63) is 0 Å². The normalized spacial score (nSPS) is 19.2. The van der Waals surface area contributed by atoms with Gasteiger partial charge in [-0.2, -0.15) is 8.78 Å². The molecule has 106 valence electrons. The van der Waals surface area contributed by atoms with Crippen LogP contribution >= 0.6 is 0 Å². The molecule has 0 atom stereocenters. The number of likely N-dealkylation sites (tertiary alicyclic amines) is 1. The smallest absolute Gasteiger partial charge is 0.319 e. The Morgan fingerprint density at radius 3 is 2.39 bits per heavy atom. The molecule has 1 heterocycles. The summed E-state index contributed by atoms with van der Waals surface area (Å²) >= 11 is 0. The molecule has 0 aliphatic carbocycles. The van der Waals surface area contributed by atoms with Crippen molar-refractivity contribution in [2.75, 3.05) is 26.2 Å². The Bertz CT molecular complexity index is 278. The van der Waals surface area contributed by atoms with Gasteiger partial charge in [0.05, 0.1) is 19.1 Å². The number of alkyl halides is 4. The molecule has 18 heavy (non-hydrogen) atoms. The minimum atomic E-state index is -3.99. The summed E-state index contributed by atoms with van der Waals surface area (Å²) in [6.07, 6.45) is -2.91. The number of rotatable bonds is 5. The van der Waals surface area contributed by atoms with E-state index in [1.54, 1.807) is 6.92 Å². The van der Waals surface area contributed by atoms with Crippen molar-refractivity contribution >= 4 is 5.97 Å². The van der Waals surface area contributed by atoms with E-state index in [1.165, 1.54) is 4.90 Å². The van der Waals surface area contributed by atoms with Gasteiger partial charge in [-0.05, 0) is 32.9 Å². The van der Waals surface area contributed by atoms with Gasteiger partial charge in [-0.3, -0.25) is 9.69 Å². The number of hydrogen-bond donors (Lipinski definition) is 0. The zero-order valence-electron chi connectivity index (χ0n) is 10.2. The van der Waals surface area contributed by atoms with E-state index >= 15 is 0 Å². The second-order valence-corrected chi connectivity index (χ2v) is 4.36. The van der Waals surface area contributed by atoms with Crippen molar-refractivity contribution < 1.29 is 27.1 Å². The fourth-order valence-corrected chi connectivity index (χ4v) is 1.95. The third-order valence-electron chi connectivity index (χ3n) is 2.96. The molecule has 0 aromatic rings. The Labute approximate surface area is 103 Å². The Hall–Kier alpha value is -0.850. The molecular weight excluding hydrogens is 254 g/mol. The molecule has 7 heteroatoms. The van der Waals surface area contributed by atoms with Crippen LogP contribution in [0, 0.1) is 5.92 Å². The summed E-state index contributed by atoms with van der Waals surface area (Å²) in [6.45, 7) is 1.44. The topological polar surface area (TPSA) is 29.5 Å². The highest BCUT2D eigenvalue weighted by Crippen LogP contribution is 2.26. The zero-order chi connectivity index (χ0) is 13.8. The summed E-state index contributed by atoms with van der Waals surface area (Å²) in [6, 6.07) is 0. The van der Waals surface area contributed by atoms with Crippen LogP contribution in [0.4, 0.5) is 17.6 Å². The van der Waals surface area contributed by atoms with Gasteiger partial charge in [0.15, 0.2) is 0 Å². The number of hydrogen-bond acceptors (Lipinski definition) is 3. The number of carbonyl (C=O) groups excluding carboxylic acids is 1. The van der Waals surface area contributed by atoms with E-state index in [0.29, 0.717) is 12.8 Å². The predicted molar refractivity (Wildman–Crippen MR) is 56.7 cm³/mol. The van der Waals surface area contributed by atoms with Crippen LogP contribution in [0.1, 0.15) is 19.8 Å². The fourth-order valence-electron chi connectivity index (χ4n) is 1.95. The second kappa shape index (κ2) is 6.36. The van der Waals surface area contributed by atoms with Crippen LogP contribution in [-0.2, 0) is 9.53 Å². The molecule has 0 unspecified atom stereocenters. The number of piperidine rings is 1. The van der Waals surface area contributed by atoms with Gasteiger partial charge in [0.25, 0.3) is 0 Å². The molecule has 0 spiro atoms. The maximum absolute atomic E-state index is 12.8. The molecule has 0 saturated carbocycles. The Balaban J connectivity index is 2.38. The van der Waals surface area contributed by atoms with Crippen molar-refractivity contribution in [3.8, 4) is 0 Å². The van der Waals surface area contributed by atoms with Crippen LogP contribution in [0.2, 0.25) is 0 Å². The first-order valence-electron chi connectivity index (χ1n) is 5.91. The van der Waals surface area contributed by atoms with Gasteiger partial charge in [0.1, 0.15) is 0 Å². The van der Waals surface area contributed by atoms with Crippen LogP contribution in [0.5, 0.6) is 0 Å². The van der Waals surface area contributed by atoms with Crippen molar-refractivity contribution in [2.24, 2.45) is 5.92 Å². The summed E-state index contributed by atoms with van der Waals surface area (Å²) < 4.78 is 54.5. The number of nitrogens with zero attached hydrogens (tertiary/aromatic N) is 1. The van der Waals surface area contributed by atoms with Crippen LogP contribution in [-0.4, -0.2) is 49.5 Å². The lowest BCUT2D eigenvalue weighted by Gasteiger charge is -2.32. The third kappa shape index (κ3) is 4.12. The number of ether oxygens (including phenoxy) is 1. The second-order valence-electron chi connectivity index (χ2n) is 4.36. The minimum absolute atomic E-state index is 0.214. The maximum atomic E-state index is 12.8. The zero-order valence-corrected chi connectivity index (χ0v) is 10.2. The molecule has 0 aromatic carbocycles. The molecule has 0 bridgehead atoms. The first kappa shape index (κ1) is 15.2. The van der Waals surface area contributed by atoms with Crippen LogP contribution in [0.25, 0.3) is 0 Å². The monoisotopic (exact) mass is 271 g/mol. The lowest BCUT2D eigenvalue weighted by molar-refractivity contribution is -0.154. The van der Waals surface area contributed by atoms with Gasteiger partial charge in [0, 0.05) is 0 Å². The quantitative estimate of drug-likeness (QED) is 0.567. The average Bonchev–Trinajstić information content (AvgIpc) is 2.29. The molecule has 1 aliphatic rings. The molecular formula is C11H17F4NO2. The van der Waals surface area contributed by atoms with Gasteiger partial charge in [0.2, 0.25) is 0 Å². The first-order valence-corrected chi connectivity index (χ1v) is 5.91. The van der Waals surface area contributed by atoms with Crippen LogP contribution in [0.15, 0.2) is 0 Å². The highest BCUT2D eigenvalue weighted by Gasteiger charge is 2.43. The van der Waals surface area contributed by atoms with E-state index in [2.05, 4.69) is 0 Å².